The van der Waals surface area contributed by atoms with Gasteiger partial charge >= 0.3 is 7.12 Å². The first-order chi connectivity index (χ1) is 25.7. The van der Waals surface area contributed by atoms with E-state index in [0.29, 0.717) is 0 Å². The Morgan fingerprint density at radius 3 is 1.58 bits per heavy atom. The summed E-state index contributed by atoms with van der Waals surface area (Å²) in [5, 5.41) is 2.65. The number of anilines is 3. The zero-order valence-corrected chi connectivity index (χ0v) is 31.5. The van der Waals surface area contributed by atoms with Gasteiger partial charge < -0.3 is 14.2 Å². The van der Waals surface area contributed by atoms with Crippen LogP contribution in [-0.2, 0) is 9.31 Å². The van der Waals surface area contributed by atoms with Gasteiger partial charge in [0, 0.05) is 37.2 Å². The molecule has 0 unspecified atom stereocenters. The van der Waals surface area contributed by atoms with Gasteiger partial charge in [0.05, 0.1) is 11.2 Å². The molecule has 1 saturated heterocycles. The van der Waals surface area contributed by atoms with Crippen molar-refractivity contribution in [3.8, 4) is 11.1 Å². The van der Waals surface area contributed by atoms with Crippen LogP contribution < -0.4 is 10.4 Å². The lowest BCUT2D eigenvalue weighted by atomic mass is 9.79. The lowest BCUT2D eigenvalue weighted by Gasteiger charge is -2.32. The van der Waals surface area contributed by atoms with Gasteiger partial charge in [-0.25, -0.2) is 0 Å². The van der Waals surface area contributed by atoms with E-state index in [1.165, 1.54) is 53.6 Å². The summed E-state index contributed by atoms with van der Waals surface area (Å²) in [4.78, 5) is 2.33. The van der Waals surface area contributed by atoms with E-state index < -0.39 is 7.12 Å². The average molecular weight is 708 g/mol. The third kappa shape index (κ3) is 6.33. The standard InChI is InChI=1S/C48H42BNO2S/c1-47(2)48(3,4)52-49(51-47)39-23-29-42(30-24-39)50(40-25-18-36(19-26-40)35-16-14-34(15-17-35)33-10-6-5-7-11-33)41-27-20-37(21-28-41)38-22-31-44-43-12-8-9-13-45(43)53-46(44)32-38/h5-14,16,18-32H,15,17H2,1-4H3. The highest BCUT2D eigenvalue weighted by Gasteiger charge is 2.51. The number of nitrogens with zero attached hydrogens (tertiary/aromatic N) is 1. The summed E-state index contributed by atoms with van der Waals surface area (Å²) in [6, 6.07) is 52.8. The molecule has 5 heteroatoms. The number of thiophene rings is 1. The van der Waals surface area contributed by atoms with Crippen molar-refractivity contribution in [2.45, 2.75) is 51.7 Å². The number of benzene rings is 6. The van der Waals surface area contributed by atoms with Crippen molar-refractivity contribution in [2.75, 3.05) is 4.90 Å². The quantitative estimate of drug-likeness (QED) is 0.154. The van der Waals surface area contributed by atoms with Gasteiger partial charge in [-0.05, 0) is 128 Å². The Hall–Kier alpha value is -5.20. The van der Waals surface area contributed by atoms with E-state index in [1.807, 2.05) is 11.3 Å². The molecular weight excluding hydrogens is 665 g/mol. The third-order valence-corrected chi connectivity index (χ3v) is 12.4. The van der Waals surface area contributed by atoms with Crippen molar-refractivity contribution in [3.05, 3.63) is 169 Å². The molecule has 0 amide bonds. The topological polar surface area (TPSA) is 21.7 Å². The van der Waals surface area contributed by atoms with Crippen LogP contribution in [-0.4, -0.2) is 18.3 Å². The molecule has 0 radical (unpaired) electrons. The molecule has 1 fully saturated rings. The Labute approximate surface area is 317 Å². The van der Waals surface area contributed by atoms with E-state index in [4.69, 9.17) is 9.31 Å². The second kappa shape index (κ2) is 13.3. The molecule has 0 saturated carbocycles. The first-order valence-electron chi connectivity index (χ1n) is 18.6. The van der Waals surface area contributed by atoms with Crippen LogP contribution in [0.1, 0.15) is 51.7 Å². The first-order valence-corrected chi connectivity index (χ1v) is 19.4. The highest BCUT2D eigenvalue weighted by molar-refractivity contribution is 7.25. The number of hydrogen-bond acceptors (Lipinski definition) is 4. The first kappa shape index (κ1) is 33.6. The number of rotatable bonds is 7. The number of fused-ring (bicyclic) bond motifs is 3. The average Bonchev–Trinajstić information content (AvgIpc) is 3.67. The van der Waals surface area contributed by atoms with Crippen LogP contribution in [0.15, 0.2) is 158 Å². The molecule has 1 aliphatic heterocycles. The van der Waals surface area contributed by atoms with Gasteiger partial charge in [-0.15, -0.1) is 11.3 Å². The molecule has 2 heterocycles. The molecule has 0 atom stereocenters. The Balaban J connectivity index is 1.04. The SMILES string of the molecule is CC1(C)OB(c2ccc(N(c3ccc(C4=CC=C(c5ccccc5)CC4)cc3)c3ccc(-c4ccc5c(c4)sc4ccccc45)cc3)cc2)OC1(C)C. The van der Waals surface area contributed by atoms with Crippen molar-refractivity contribution < 1.29 is 9.31 Å². The maximum atomic E-state index is 6.38. The normalized spacial score (nSPS) is 16.5. The number of hydrogen-bond donors (Lipinski definition) is 0. The van der Waals surface area contributed by atoms with E-state index >= 15 is 0 Å². The van der Waals surface area contributed by atoms with Crippen LogP contribution >= 0.6 is 11.3 Å². The fourth-order valence-corrected chi connectivity index (χ4v) is 8.66. The summed E-state index contributed by atoms with van der Waals surface area (Å²) in [5.41, 5.74) is 11.3. The summed E-state index contributed by atoms with van der Waals surface area (Å²) in [7, 11) is -0.403. The summed E-state index contributed by atoms with van der Waals surface area (Å²) in [6.45, 7) is 8.38. The molecule has 6 aromatic carbocycles. The predicted molar refractivity (Wildman–Crippen MR) is 227 cm³/mol. The smallest absolute Gasteiger partial charge is 0.399 e. The van der Waals surface area contributed by atoms with Crippen molar-refractivity contribution in [1.29, 1.82) is 0 Å². The van der Waals surface area contributed by atoms with E-state index in [0.717, 1.165) is 35.4 Å². The number of allylic oxidation sites excluding steroid dienone is 4. The molecule has 9 rings (SSSR count). The Bertz CT molecular complexity index is 2480. The van der Waals surface area contributed by atoms with Gasteiger partial charge in [0.15, 0.2) is 0 Å². The van der Waals surface area contributed by atoms with E-state index in [9.17, 15) is 0 Å². The van der Waals surface area contributed by atoms with Gasteiger partial charge in [0.2, 0.25) is 0 Å². The highest BCUT2D eigenvalue weighted by atomic mass is 32.1. The fourth-order valence-electron chi connectivity index (χ4n) is 7.51. The molecule has 260 valence electrons. The van der Waals surface area contributed by atoms with Gasteiger partial charge in [-0.2, -0.15) is 0 Å². The summed E-state index contributed by atoms with van der Waals surface area (Å²) in [5.74, 6) is 0. The van der Waals surface area contributed by atoms with Crippen molar-refractivity contribution >= 4 is 72.3 Å². The highest BCUT2D eigenvalue weighted by Crippen LogP contribution is 2.41. The second-order valence-corrected chi connectivity index (χ2v) is 16.3. The van der Waals surface area contributed by atoms with Crippen LogP contribution in [0.25, 0.3) is 42.4 Å². The fraction of sp³-hybridized carbons (Fsp3) is 0.167. The minimum atomic E-state index is -0.403. The van der Waals surface area contributed by atoms with Crippen LogP contribution in [0.3, 0.4) is 0 Å². The molecule has 1 aliphatic carbocycles. The van der Waals surface area contributed by atoms with Crippen molar-refractivity contribution in [3.63, 3.8) is 0 Å². The second-order valence-electron chi connectivity index (χ2n) is 15.2. The summed E-state index contributed by atoms with van der Waals surface area (Å²) >= 11 is 1.86. The maximum absolute atomic E-state index is 6.38. The van der Waals surface area contributed by atoms with Gasteiger partial charge in [0.25, 0.3) is 0 Å². The van der Waals surface area contributed by atoms with Gasteiger partial charge in [-0.3, -0.25) is 0 Å². The molecule has 3 nitrogen and oxygen atoms in total. The van der Waals surface area contributed by atoms with Crippen molar-refractivity contribution in [2.24, 2.45) is 0 Å². The van der Waals surface area contributed by atoms with E-state index in [1.54, 1.807) is 0 Å². The third-order valence-electron chi connectivity index (χ3n) is 11.3. The molecule has 0 spiro atoms. The molecule has 0 bridgehead atoms. The Morgan fingerprint density at radius 1 is 0.491 bits per heavy atom. The molecule has 7 aromatic rings. The van der Waals surface area contributed by atoms with Gasteiger partial charge in [-0.1, -0.05) is 109 Å². The van der Waals surface area contributed by atoms with E-state index in [-0.39, 0.29) is 11.2 Å². The van der Waals surface area contributed by atoms with Crippen LogP contribution in [0.5, 0.6) is 0 Å². The van der Waals surface area contributed by atoms with Crippen molar-refractivity contribution in [1.82, 2.24) is 0 Å². The van der Waals surface area contributed by atoms with Crippen LogP contribution in [0.4, 0.5) is 17.1 Å². The summed E-state index contributed by atoms with van der Waals surface area (Å²) in [6.07, 6.45) is 6.65. The molecule has 53 heavy (non-hydrogen) atoms. The Kier molecular flexibility index (Phi) is 8.46. The predicted octanol–water partition coefficient (Wildman–Crippen LogP) is 12.8. The van der Waals surface area contributed by atoms with Gasteiger partial charge in [0.1, 0.15) is 0 Å². The minimum Gasteiger partial charge on any atom is -0.399 e. The summed E-state index contributed by atoms with van der Waals surface area (Å²) < 4.78 is 15.4. The molecule has 2 aliphatic rings. The zero-order valence-electron chi connectivity index (χ0n) is 30.7. The Morgan fingerprint density at radius 2 is 0.981 bits per heavy atom. The molecule has 0 N–H and O–H groups in total. The minimum absolute atomic E-state index is 0.389. The van der Waals surface area contributed by atoms with E-state index in [2.05, 4.69) is 190 Å². The monoisotopic (exact) mass is 707 g/mol. The van der Waals surface area contributed by atoms with Crippen LogP contribution in [0.2, 0.25) is 0 Å². The molecule has 1 aromatic heterocycles. The zero-order chi connectivity index (χ0) is 36.2. The van der Waals surface area contributed by atoms with Crippen LogP contribution in [0, 0.1) is 0 Å². The lowest BCUT2D eigenvalue weighted by molar-refractivity contribution is 0.00578. The molecular formula is C48H42BNO2S. The lowest BCUT2D eigenvalue weighted by Crippen LogP contribution is -2.41. The maximum Gasteiger partial charge on any atom is 0.494 e. The largest absolute Gasteiger partial charge is 0.494 e.